The summed E-state index contributed by atoms with van der Waals surface area (Å²) in [5.41, 5.74) is 4.36. The summed E-state index contributed by atoms with van der Waals surface area (Å²) in [6.45, 7) is 5.04. The Labute approximate surface area is 277 Å². The Balaban J connectivity index is 1.58. The summed E-state index contributed by atoms with van der Waals surface area (Å²) in [5, 5.41) is 3.17. The van der Waals surface area contributed by atoms with Crippen molar-refractivity contribution in [2.24, 2.45) is 0 Å². The number of amides is 2. The number of halogens is 1. The van der Waals surface area contributed by atoms with Crippen LogP contribution < -0.4 is 9.62 Å². The topological polar surface area (TPSA) is 86.8 Å². The SMILES string of the molecule is Cc1ccc(S(=O)(=O)N(CC(=O)N(Cc2ccc(F)cc2)[C@@H](Cc2ccccc2)C(=O)NC2CCCC2)c2cccc(C)c2C)cc1. The highest BCUT2D eigenvalue weighted by molar-refractivity contribution is 7.92. The number of anilines is 1. The predicted molar refractivity (Wildman–Crippen MR) is 183 cm³/mol. The van der Waals surface area contributed by atoms with Crippen LogP contribution in [-0.2, 0) is 32.6 Å². The molecule has 0 saturated heterocycles. The molecule has 4 aromatic carbocycles. The van der Waals surface area contributed by atoms with Crippen molar-refractivity contribution < 1.29 is 22.4 Å². The zero-order chi connectivity index (χ0) is 33.6. The van der Waals surface area contributed by atoms with Gasteiger partial charge >= 0.3 is 0 Å². The molecule has 1 fully saturated rings. The van der Waals surface area contributed by atoms with Gasteiger partial charge in [0.15, 0.2) is 0 Å². The number of carbonyl (C=O) groups excluding carboxylic acids is 2. The zero-order valence-electron chi connectivity index (χ0n) is 27.2. The van der Waals surface area contributed by atoms with Crippen LogP contribution >= 0.6 is 0 Å². The Morgan fingerprint density at radius 1 is 0.830 bits per heavy atom. The van der Waals surface area contributed by atoms with Gasteiger partial charge in [-0.05, 0) is 86.2 Å². The predicted octanol–water partition coefficient (Wildman–Crippen LogP) is 6.65. The molecule has 0 unspecified atom stereocenters. The van der Waals surface area contributed by atoms with Crippen LogP contribution in [0.3, 0.4) is 0 Å². The van der Waals surface area contributed by atoms with E-state index in [1.165, 1.54) is 29.2 Å². The highest BCUT2D eigenvalue weighted by atomic mass is 32.2. The number of aryl methyl sites for hydroxylation is 2. The Morgan fingerprint density at radius 3 is 2.15 bits per heavy atom. The van der Waals surface area contributed by atoms with Gasteiger partial charge in [-0.3, -0.25) is 13.9 Å². The summed E-state index contributed by atoms with van der Waals surface area (Å²) in [6, 6.07) is 26.2. The van der Waals surface area contributed by atoms with E-state index >= 15 is 0 Å². The number of sulfonamides is 1. The second-order valence-electron chi connectivity index (χ2n) is 12.4. The second kappa shape index (κ2) is 14.9. The fourth-order valence-electron chi connectivity index (χ4n) is 6.06. The highest BCUT2D eigenvalue weighted by Gasteiger charge is 2.36. The van der Waals surface area contributed by atoms with Crippen LogP contribution in [0.1, 0.15) is 53.5 Å². The van der Waals surface area contributed by atoms with Crippen LogP contribution in [0.4, 0.5) is 10.1 Å². The Kier molecular flexibility index (Phi) is 10.8. The number of benzene rings is 4. The highest BCUT2D eigenvalue weighted by Crippen LogP contribution is 2.30. The molecule has 0 heterocycles. The molecule has 0 radical (unpaired) electrons. The Morgan fingerprint density at radius 2 is 1.49 bits per heavy atom. The Bertz CT molecular complexity index is 1790. The van der Waals surface area contributed by atoms with E-state index in [2.05, 4.69) is 5.32 Å². The van der Waals surface area contributed by atoms with E-state index in [1.54, 1.807) is 36.4 Å². The minimum atomic E-state index is -4.20. The van der Waals surface area contributed by atoms with Crippen molar-refractivity contribution in [3.63, 3.8) is 0 Å². The van der Waals surface area contributed by atoms with Crippen molar-refractivity contribution in [2.45, 2.75) is 76.4 Å². The first kappa shape index (κ1) is 33.9. The lowest BCUT2D eigenvalue weighted by Crippen LogP contribution is -2.54. The molecule has 47 heavy (non-hydrogen) atoms. The average molecular weight is 656 g/mol. The monoisotopic (exact) mass is 655 g/mol. The van der Waals surface area contributed by atoms with Gasteiger partial charge in [-0.25, -0.2) is 12.8 Å². The van der Waals surface area contributed by atoms with Crippen LogP contribution in [0, 0.1) is 26.6 Å². The minimum absolute atomic E-state index is 0.0110. The smallest absolute Gasteiger partial charge is 0.264 e. The van der Waals surface area contributed by atoms with Crippen molar-refractivity contribution in [1.29, 1.82) is 0 Å². The average Bonchev–Trinajstić information content (AvgIpc) is 3.57. The molecule has 2 amide bonds. The van der Waals surface area contributed by atoms with E-state index in [0.29, 0.717) is 11.3 Å². The summed E-state index contributed by atoms with van der Waals surface area (Å²) in [5.74, 6) is -1.26. The van der Waals surface area contributed by atoms with Gasteiger partial charge < -0.3 is 10.2 Å². The summed E-state index contributed by atoms with van der Waals surface area (Å²) >= 11 is 0. The molecule has 4 aromatic rings. The van der Waals surface area contributed by atoms with Crippen LogP contribution in [0.25, 0.3) is 0 Å². The normalized spacial score (nSPS) is 14.0. The van der Waals surface area contributed by atoms with Crippen molar-refractivity contribution in [2.75, 3.05) is 10.8 Å². The molecular weight excluding hydrogens is 614 g/mol. The van der Waals surface area contributed by atoms with Crippen molar-refractivity contribution in [3.8, 4) is 0 Å². The molecule has 0 bridgehead atoms. The maximum absolute atomic E-state index is 14.7. The molecule has 1 aliphatic rings. The standard InChI is InChI=1S/C38H42FN3O4S/c1-27-16-22-34(23-17-27)47(45,46)42(35-15-9-10-28(2)29(35)3)26-37(43)41(25-31-18-20-32(39)21-19-31)36(24-30-11-5-4-6-12-30)38(44)40-33-13-7-8-14-33/h4-6,9-12,15-23,33,36H,7-8,13-14,24-26H2,1-3H3,(H,40,44)/t36-/m0/s1. The largest absolute Gasteiger partial charge is 0.352 e. The van der Waals surface area contributed by atoms with Gasteiger partial charge in [0, 0.05) is 19.0 Å². The fraction of sp³-hybridized carbons (Fsp3) is 0.316. The van der Waals surface area contributed by atoms with E-state index in [9.17, 15) is 22.4 Å². The lowest BCUT2D eigenvalue weighted by molar-refractivity contribution is -0.140. The molecule has 0 aromatic heterocycles. The second-order valence-corrected chi connectivity index (χ2v) is 14.2. The van der Waals surface area contributed by atoms with Crippen LogP contribution in [0.15, 0.2) is 102 Å². The van der Waals surface area contributed by atoms with Gasteiger partial charge in [-0.1, -0.05) is 85.1 Å². The summed E-state index contributed by atoms with van der Waals surface area (Å²) < 4.78 is 43.7. The molecule has 1 N–H and O–H groups in total. The molecule has 1 saturated carbocycles. The van der Waals surface area contributed by atoms with E-state index in [4.69, 9.17) is 0 Å². The summed E-state index contributed by atoms with van der Waals surface area (Å²) in [6.07, 6.45) is 4.00. The summed E-state index contributed by atoms with van der Waals surface area (Å²) in [4.78, 5) is 30.3. The quantitative estimate of drug-likeness (QED) is 0.185. The number of carbonyl (C=O) groups is 2. The van der Waals surface area contributed by atoms with Crippen LogP contribution in [0.2, 0.25) is 0 Å². The van der Waals surface area contributed by atoms with Gasteiger partial charge in [0.25, 0.3) is 10.0 Å². The van der Waals surface area contributed by atoms with Gasteiger partial charge in [0.05, 0.1) is 10.6 Å². The van der Waals surface area contributed by atoms with E-state index in [-0.39, 0.29) is 29.8 Å². The third-order valence-electron chi connectivity index (χ3n) is 8.97. The lowest BCUT2D eigenvalue weighted by atomic mass is 10.0. The van der Waals surface area contributed by atoms with E-state index < -0.39 is 34.3 Å². The maximum Gasteiger partial charge on any atom is 0.264 e. The van der Waals surface area contributed by atoms with E-state index in [0.717, 1.165) is 52.2 Å². The van der Waals surface area contributed by atoms with Gasteiger partial charge in [-0.2, -0.15) is 0 Å². The molecule has 0 aliphatic heterocycles. The molecule has 246 valence electrons. The number of hydrogen-bond acceptors (Lipinski definition) is 4. The maximum atomic E-state index is 14.7. The minimum Gasteiger partial charge on any atom is -0.352 e. The van der Waals surface area contributed by atoms with Gasteiger partial charge in [0.2, 0.25) is 11.8 Å². The number of nitrogens with one attached hydrogen (secondary N) is 1. The third kappa shape index (κ3) is 8.27. The first-order chi connectivity index (χ1) is 22.5. The van der Waals surface area contributed by atoms with Crippen molar-refractivity contribution in [1.82, 2.24) is 10.2 Å². The van der Waals surface area contributed by atoms with Crippen LogP contribution in [-0.4, -0.2) is 43.8 Å². The Hall–Kier alpha value is -4.50. The van der Waals surface area contributed by atoms with Gasteiger partial charge in [-0.15, -0.1) is 0 Å². The zero-order valence-corrected chi connectivity index (χ0v) is 28.0. The first-order valence-corrected chi connectivity index (χ1v) is 17.5. The molecule has 7 nitrogen and oxygen atoms in total. The number of nitrogens with zero attached hydrogens (tertiary/aromatic N) is 2. The molecule has 9 heteroatoms. The van der Waals surface area contributed by atoms with Gasteiger partial charge in [0.1, 0.15) is 18.4 Å². The first-order valence-electron chi connectivity index (χ1n) is 16.1. The molecule has 5 rings (SSSR count). The molecular formula is C38H42FN3O4S. The fourth-order valence-corrected chi connectivity index (χ4v) is 7.54. The lowest BCUT2D eigenvalue weighted by Gasteiger charge is -2.34. The number of hydrogen-bond donors (Lipinski definition) is 1. The van der Waals surface area contributed by atoms with E-state index in [1.807, 2.05) is 57.2 Å². The molecule has 1 atom stereocenters. The molecule has 0 spiro atoms. The van der Waals surface area contributed by atoms with Crippen LogP contribution in [0.5, 0.6) is 0 Å². The number of rotatable bonds is 12. The van der Waals surface area contributed by atoms with Crippen molar-refractivity contribution in [3.05, 3.63) is 131 Å². The summed E-state index contributed by atoms with van der Waals surface area (Å²) in [7, 11) is -4.20. The van der Waals surface area contributed by atoms with Crippen molar-refractivity contribution >= 4 is 27.5 Å². The molecule has 1 aliphatic carbocycles. The third-order valence-corrected chi connectivity index (χ3v) is 10.7.